The second-order valence-corrected chi connectivity index (χ2v) is 5.01. The fourth-order valence-corrected chi connectivity index (χ4v) is 2.90. The van der Waals surface area contributed by atoms with Crippen LogP contribution in [0.1, 0.15) is 29.5 Å². The van der Waals surface area contributed by atoms with E-state index in [0.717, 1.165) is 24.0 Å². The van der Waals surface area contributed by atoms with Crippen molar-refractivity contribution in [3.8, 4) is 17.2 Å². The summed E-state index contributed by atoms with van der Waals surface area (Å²) < 4.78 is 2.04. The van der Waals surface area contributed by atoms with E-state index in [1.807, 2.05) is 23.9 Å². The van der Waals surface area contributed by atoms with E-state index in [4.69, 9.17) is 0 Å². The quantitative estimate of drug-likeness (QED) is 0.745. The van der Waals surface area contributed by atoms with Gasteiger partial charge in [-0.15, -0.1) is 0 Å². The second-order valence-electron chi connectivity index (χ2n) is 5.01. The van der Waals surface area contributed by atoms with Gasteiger partial charge < -0.3 is 4.57 Å². The third-order valence-electron chi connectivity index (χ3n) is 3.77. The van der Waals surface area contributed by atoms with E-state index >= 15 is 0 Å². The topological polar surface area (TPSA) is 28.7 Å². The highest BCUT2D eigenvalue weighted by Gasteiger charge is 2.18. The highest BCUT2D eigenvalue weighted by Crippen LogP contribution is 2.34. The summed E-state index contributed by atoms with van der Waals surface area (Å²) in [4.78, 5) is 0. The van der Waals surface area contributed by atoms with Crippen molar-refractivity contribution in [3.05, 3.63) is 47.3 Å². The summed E-state index contributed by atoms with van der Waals surface area (Å²) >= 11 is 0. The van der Waals surface area contributed by atoms with Gasteiger partial charge in [-0.2, -0.15) is 5.26 Å². The van der Waals surface area contributed by atoms with Crippen molar-refractivity contribution in [3.63, 3.8) is 0 Å². The molecule has 0 unspecified atom stereocenters. The van der Waals surface area contributed by atoms with Crippen molar-refractivity contribution >= 4 is 0 Å². The minimum Gasteiger partial charge on any atom is -0.357 e. The Labute approximate surface area is 107 Å². The maximum atomic E-state index is 9.33. The monoisotopic (exact) mass is 236 g/mol. The molecule has 0 spiro atoms. The molecule has 2 nitrogen and oxygen atoms in total. The highest BCUT2D eigenvalue weighted by atomic mass is 14.9. The smallest absolute Gasteiger partial charge is 0.0998 e. The SMILES string of the molecule is Cn1ccc(-c2c(C#N)ccc3c2CCCC3)c1. The van der Waals surface area contributed by atoms with Gasteiger partial charge in [0.25, 0.3) is 0 Å². The number of hydrogen-bond acceptors (Lipinski definition) is 1. The van der Waals surface area contributed by atoms with Crippen molar-refractivity contribution in [1.29, 1.82) is 5.26 Å². The highest BCUT2D eigenvalue weighted by molar-refractivity contribution is 5.75. The van der Waals surface area contributed by atoms with Gasteiger partial charge in [-0.05, 0) is 48.9 Å². The molecule has 0 fully saturated rings. The summed E-state index contributed by atoms with van der Waals surface area (Å²) in [5.74, 6) is 0. The Morgan fingerprint density at radius 1 is 1.17 bits per heavy atom. The molecule has 0 amide bonds. The molecule has 1 aliphatic carbocycles. The Morgan fingerprint density at radius 2 is 2.00 bits per heavy atom. The third kappa shape index (κ3) is 1.73. The number of nitrogens with zero attached hydrogens (tertiary/aromatic N) is 2. The molecule has 0 aliphatic heterocycles. The lowest BCUT2D eigenvalue weighted by Gasteiger charge is -2.20. The van der Waals surface area contributed by atoms with E-state index in [1.165, 1.54) is 29.5 Å². The van der Waals surface area contributed by atoms with E-state index in [0.29, 0.717) is 0 Å². The summed E-state index contributed by atoms with van der Waals surface area (Å²) in [6, 6.07) is 8.56. The van der Waals surface area contributed by atoms with Gasteiger partial charge in [0.05, 0.1) is 11.6 Å². The van der Waals surface area contributed by atoms with Crippen molar-refractivity contribution in [2.45, 2.75) is 25.7 Å². The van der Waals surface area contributed by atoms with Crippen molar-refractivity contribution in [2.24, 2.45) is 7.05 Å². The average molecular weight is 236 g/mol. The Kier molecular flexibility index (Phi) is 2.68. The van der Waals surface area contributed by atoms with Gasteiger partial charge in [0, 0.05) is 30.6 Å². The summed E-state index contributed by atoms with van der Waals surface area (Å²) in [7, 11) is 2.02. The van der Waals surface area contributed by atoms with Crippen LogP contribution in [0.3, 0.4) is 0 Å². The Morgan fingerprint density at radius 3 is 2.72 bits per heavy atom. The zero-order valence-corrected chi connectivity index (χ0v) is 10.6. The molecule has 90 valence electrons. The first kappa shape index (κ1) is 11.1. The van der Waals surface area contributed by atoms with Crippen LogP contribution in [0.25, 0.3) is 11.1 Å². The molecule has 18 heavy (non-hydrogen) atoms. The van der Waals surface area contributed by atoms with Crippen LogP contribution in [-0.4, -0.2) is 4.57 Å². The van der Waals surface area contributed by atoms with Gasteiger partial charge in [0.15, 0.2) is 0 Å². The van der Waals surface area contributed by atoms with E-state index in [2.05, 4.69) is 24.4 Å². The first-order chi connectivity index (χ1) is 8.79. The fourth-order valence-electron chi connectivity index (χ4n) is 2.90. The van der Waals surface area contributed by atoms with E-state index in [1.54, 1.807) is 0 Å². The number of aryl methyl sites for hydroxylation is 2. The Balaban J connectivity index is 2.25. The maximum absolute atomic E-state index is 9.33. The van der Waals surface area contributed by atoms with Gasteiger partial charge in [-0.25, -0.2) is 0 Å². The molecule has 2 aromatic rings. The molecule has 1 aliphatic rings. The first-order valence-electron chi connectivity index (χ1n) is 6.47. The largest absolute Gasteiger partial charge is 0.357 e. The summed E-state index contributed by atoms with van der Waals surface area (Å²) in [5, 5.41) is 9.33. The fraction of sp³-hybridized carbons (Fsp3) is 0.312. The van der Waals surface area contributed by atoms with Gasteiger partial charge in [0.1, 0.15) is 0 Å². The summed E-state index contributed by atoms with van der Waals surface area (Å²) in [5.41, 5.74) is 5.97. The van der Waals surface area contributed by atoms with Crippen LogP contribution < -0.4 is 0 Å². The van der Waals surface area contributed by atoms with Gasteiger partial charge >= 0.3 is 0 Å². The molecule has 0 saturated carbocycles. The normalized spacial score (nSPS) is 14.0. The summed E-state index contributed by atoms with van der Waals surface area (Å²) in [6.07, 6.45) is 8.91. The molecule has 0 bridgehead atoms. The predicted molar refractivity (Wildman–Crippen MR) is 72.2 cm³/mol. The number of nitriles is 1. The molecular formula is C16H16N2. The lowest BCUT2D eigenvalue weighted by molar-refractivity contribution is 0.686. The third-order valence-corrected chi connectivity index (χ3v) is 3.77. The molecule has 1 heterocycles. The number of benzene rings is 1. The zero-order chi connectivity index (χ0) is 12.5. The van der Waals surface area contributed by atoms with Gasteiger partial charge in [0.2, 0.25) is 0 Å². The van der Waals surface area contributed by atoms with Crippen molar-refractivity contribution < 1.29 is 0 Å². The second kappa shape index (κ2) is 4.34. The number of hydrogen-bond donors (Lipinski definition) is 0. The standard InChI is InChI=1S/C16H16N2/c1-18-9-8-14(11-18)16-13(10-17)7-6-12-4-2-3-5-15(12)16/h6-9,11H,2-5H2,1H3. The molecule has 2 heteroatoms. The molecule has 0 atom stereocenters. The molecule has 1 aromatic carbocycles. The minimum absolute atomic E-state index is 0.807. The van der Waals surface area contributed by atoms with Crippen LogP contribution in [0.2, 0.25) is 0 Å². The summed E-state index contributed by atoms with van der Waals surface area (Å²) in [6.45, 7) is 0. The average Bonchev–Trinajstić information content (AvgIpc) is 2.83. The van der Waals surface area contributed by atoms with E-state index < -0.39 is 0 Å². The molecular weight excluding hydrogens is 220 g/mol. The molecule has 0 N–H and O–H groups in total. The van der Waals surface area contributed by atoms with Crippen LogP contribution in [-0.2, 0) is 19.9 Å². The van der Waals surface area contributed by atoms with Gasteiger partial charge in [-0.3, -0.25) is 0 Å². The molecule has 0 saturated heterocycles. The first-order valence-corrected chi connectivity index (χ1v) is 6.47. The Bertz CT molecular complexity index is 629. The van der Waals surface area contributed by atoms with Crippen molar-refractivity contribution in [2.75, 3.05) is 0 Å². The number of aromatic nitrogens is 1. The van der Waals surface area contributed by atoms with Crippen LogP contribution in [0, 0.1) is 11.3 Å². The molecule has 3 rings (SSSR count). The number of fused-ring (bicyclic) bond motifs is 1. The van der Waals surface area contributed by atoms with E-state index in [9.17, 15) is 5.26 Å². The van der Waals surface area contributed by atoms with Gasteiger partial charge in [-0.1, -0.05) is 6.07 Å². The van der Waals surface area contributed by atoms with Crippen molar-refractivity contribution in [1.82, 2.24) is 4.57 Å². The lowest BCUT2D eigenvalue weighted by Crippen LogP contribution is -2.05. The van der Waals surface area contributed by atoms with Crippen LogP contribution in [0.5, 0.6) is 0 Å². The predicted octanol–water partition coefficient (Wildman–Crippen LogP) is 3.44. The molecule has 1 aromatic heterocycles. The Hall–Kier alpha value is -2.01. The minimum atomic E-state index is 0.807. The van der Waals surface area contributed by atoms with E-state index in [-0.39, 0.29) is 0 Å². The zero-order valence-electron chi connectivity index (χ0n) is 10.6. The van der Waals surface area contributed by atoms with Crippen LogP contribution in [0.15, 0.2) is 30.6 Å². The van der Waals surface area contributed by atoms with Crippen LogP contribution in [0.4, 0.5) is 0 Å². The molecule has 0 radical (unpaired) electrons. The number of rotatable bonds is 1. The van der Waals surface area contributed by atoms with Crippen LogP contribution >= 0.6 is 0 Å². The maximum Gasteiger partial charge on any atom is 0.0998 e. The lowest BCUT2D eigenvalue weighted by atomic mass is 9.84.